The van der Waals surface area contributed by atoms with Gasteiger partial charge in [-0.1, -0.05) is 12.1 Å². The second-order valence-electron chi connectivity index (χ2n) is 3.38. The van der Waals surface area contributed by atoms with Crippen molar-refractivity contribution >= 4 is 11.9 Å². The predicted molar refractivity (Wildman–Crippen MR) is 58.9 cm³/mol. The molecule has 0 atom stereocenters. The standard InChI is InChI=1S/C11H14N2O3/c12-11(16)9-3-1-8(2-4-9)7-13-6-5-10(14)15/h1-4,13H,5-7H2,(H2,12,16)(H,14,15). The number of benzene rings is 1. The number of carboxylic acids is 1. The number of carboxylic acid groups (broad SMARTS) is 1. The molecule has 0 fully saturated rings. The minimum absolute atomic E-state index is 0.0966. The van der Waals surface area contributed by atoms with E-state index in [0.717, 1.165) is 5.56 Å². The van der Waals surface area contributed by atoms with E-state index < -0.39 is 11.9 Å². The van der Waals surface area contributed by atoms with Crippen molar-refractivity contribution < 1.29 is 14.7 Å². The Morgan fingerprint density at radius 2 is 1.88 bits per heavy atom. The Bertz CT molecular complexity index is 373. The smallest absolute Gasteiger partial charge is 0.304 e. The van der Waals surface area contributed by atoms with Gasteiger partial charge in [0.1, 0.15) is 0 Å². The number of rotatable bonds is 6. The third kappa shape index (κ3) is 4.10. The summed E-state index contributed by atoms with van der Waals surface area (Å²) in [5.41, 5.74) is 6.55. The highest BCUT2D eigenvalue weighted by Crippen LogP contribution is 2.03. The summed E-state index contributed by atoms with van der Waals surface area (Å²) in [4.78, 5) is 21.0. The van der Waals surface area contributed by atoms with Crippen molar-refractivity contribution in [2.45, 2.75) is 13.0 Å². The number of nitrogens with one attached hydrogen (secondary N) is 1. The van der Waals surface area contributed by atoms with Crippen LogP contribution in [0.2, 0.25) is 0 Å². The molecule has 4 N–H and O–H groups in total. The van der Waals surface area contributed by atoms with E-state index in [0.29, 0.717) is 18.7 Å². The zero-order valence-electron chi connectivity index (χ0n) is 8.77. The van der Waals surface area contributed by atoms with Gasteiger partial charge in [0.15, 0.2) is 0 Å². The van der Waals surface area contributed by atoms with E-state index in [2.05, 4.69) is 5.32 Å². The molecule has 0 spiro atoms. The summed E-state index contributed by atoms with van der Waals surface area (Å²) in [7, 11) is 0. The lowest BCUT2D eigenvalue weighted by Crippen LogP contribution is -2.17. The van der Waals surface area contributed by atoms with Gasteiger partial charge in [-0.3, -0.25) is 9.59 Å². The number of carbonyl (C=O) groups excluding carboxylic acids is 1. The maximum atomic E-state index is 10.8. The minimum Gasteiger partial charge on any atom is -0.481 e. The SMILES string of the molecule is NC(=O)c1ccc(CNCCC(=O)O)cc1. The predicted octanol–water partition coefficient (Wildman–Crippen LogP) is 0.350. The minimum atomic E-state index is -0.823. The fourth-order valence-corrected chi connectivity index (χ4v) is 1.21. The first-order valence-electron chi connectivity index (χ1n) is 4.91. The van der Waals surface area contributed by atoms with Gasteiger partial charge in [0, 0.05) is 18.7 Å². The van der Waals surface area contributed by atoms with E-state index in [4.69, 9.17) is 10.8 Å². The van der Waals surface area contributed by atoms with E-state index >= 15 is 0 Å². The fraction of sp³-hybridized carbons (Fsp3) is 0.273. The van der Waals surface area contributed by atoms with Gasteiger partial charge in [-0.25, -0.2) is 0 Å². The monoisotopic (exact) mass is 222 g/mol. The Labute approximate surface area is 93.3 Å². The second kappa shape index (κ2) is 5.87. The number of primary amides is 1. The van der Waals surface area contributed by atoms with Crippen LogP contribution in [0.1, 0.15) is 22.3 Å². The summed E-state index contributed by atoms with van der Waals surface area (Å²) in [5.74, 6) is -1.28. The lowest BCUT2D eigenvalue weighted by molar-refractivity contribution is -0.136. The molecule has 1 rings (SSSR count). The van der Waals surface area contributed by atoms with Crippen molar-refractivity contribution in [2.24, 2.45) is 5.73 Å². The van der Waals surface area contributed by atoms with E-state index in [-0.39, 0.29) is 6.42 Å². The summed E-state index contributed by atoms with van der Waals surface area (Å²) < 4.78 is 0. The number of aliphatic carboxylic acids is 1. The van der Waals surface area contributed by atoms with Gasteiger partial charge in [0.2, 0.25) is 5.91 Å². The second-order valence-corrected chi connectivity index (χ2v) is 3.38. The molecule has 5 heteroatoms. The van der Waals surface area contributed by atoms with Crippen molar-refractivity contribution in [1.82, 2.24) is 5.32 Å². The Morgan fingerprint density at radius 3 is 2.38 bits per heavy atom. The molecule has 0 aliphatic rings. The van der Waals surface area contributed by atoms with Crippen LogP contribution in [0, 0.1) is 0 Å². The molecule has 0 aliphatic heterocycles. The van der Waals surface area contributed by atoms with Gasteiger partial charge in [-0.15, -0.1) is 0 Å². The summed E-state index contributed by atoms with van der Waals surface area (Å²) in [6, 6.07) is 6.87. The number of hydrogen-bond acceptors (Lipinski definition) is 3. The maximum absolute atomic E-state index is 10.8. The van der Waals surface area contributed by atoms with Gasteiger partial charge in [-0.05, 0) is 17.7 Å². The highest BCUT2D eigenvalue weighted by molar-refractivity contribution is 5.92. The summed E-state index contributed by atoms with van der Waals surface area (Å²) in [6.07, 6.45) is 0.0966. The molecule has 0 unspecified atom stereocenters. The Morgan fingerprint density at radius 1 is 1.25 bits per heavy atom. The molecular weight excluding hydrogens is 208 g/mol. The molecule has 0 heterocycles. The number of hydrogen-bond donors (Lipinski definition) is 3. The third-order valence-electron chi connectivity index (χ3n) is 2.08. The van der Waals surface area contributed by atoms with Crippen LogP contribution < -0.4 is 11.1 Å². The average molecular weight is 222 g/mol. The Kier molecular flexibility index (Phi) is 4.47. The molecule has 0 bridgehead atoms. The van der Waals surface area contributed by atoms with Crippen LogP contribution in [-0.2, 0) is 11.3 Å². The topological polar surface area (TPSA) is 92.4 Å². The van der Waals surface area contributed by atoms with Crippen molar-refractivity contribution in [3.63, 3.8) is 0 Å². The molecule has 0 aliphatic carbocycles. The van der Waals surface area contributed by atoms with E-state index in [1.807, 2.05) is 0 Å². The van der Waals surface area contributed by atoms with Crippen LogP contribution >= 0.6 is 0 Å². The van der Waals surface area contributed by atoms with Crippen LogP contribution in [0.3, 0.4) is 0 Å². The van der Waals surface area contributed by atoms with Crippen molar-refractivity contribution in [2.75, 3.05) is 6.54 Å². The summed E-state index contributed by atoms with van der Waals surface area (Å²) in [5, 5.41) is 11.4. The number of carbonyl (C=O) groups is 2. The van der Waals surface area contributed by atoms with Crippen LogP contribution in [0.4, 0.5) is 0 Å². The molecule has 0 radical (unpaired) electrons. The van der Waals surface area contributed by atoms with E-state index in [1.165, 1.54) is 0 Å². The first-order chi connectivity index (χ1) is 7.59. The van der Waals surface area contributed by atoms with Crippen LogP contribution in [-0.4, -0.2) is 23.5 Å². The van der Waals surface area contributed by atoms with E-state index in [1.54, 1.807) is 24.3 Å². The van der Waals surface area contributed by atoms with Crippen molar-refractivity contribution in [1.29, 1.82) is 0 Å². The normalized spacial score (nSPS) is 10.0. The molecule has 86 valence electrons. The molecule has 0 saturated heterocycles. The van der Waals surface area contributed by atoms with Crippen LogP contribution in [0.15, 0.2) is 24.3 Å². The van der Waals surface area contributed by atoms with Gasteiger partial charge in [0.05, 0.1) is 6.42 Å². The zero-order chi connectivity index (χ0) is 12.0. The summed E-state index contributed by atoms with van der Waals surface area (Å²) >= 11 is 0. The molecule has 16 heavy (non-hydrogen) atoms. The number of amides is 1. The van der Waals surface area contributed by atoms with Gasteiger partial charge >= 0.3 is 5.97 Å². The molecule has 1 amide bonds. The molecular formula is C11H14N2O3. The molecule has 5 nitrogen and oxygen atoms in total. The van der Waals surface area contributed by atoms with E-state index in [9.17, 15) is 9.59 Å². The highest BCUT2D eigenvalue weighted by atomic mass is 16.4. The molecule has 1 aromatic rings. The maximum Gasteiger partial charge on any atom is 0.304 e. The Balaban J connectivity index is 2.38. The Hall–Kier alpha value is -1.88. The van der Waals surface area contributed by atoms with Crippen molar-refractivity contribution in [3.05, 3.63) is 35.4 Å². The lowest BCUT2D eigenvalue weighted by Gasteiger charge is -2.03. The average Bonchev–Trinajstić information content (AvgIpc) is 2.25. The van der Waals surface area contributed by atoms with Gasteiger partial charge in [-0.2, -0.15) is 0 Å². The highest BCUT2D eigenvalue weighted by Gasteiger charge is 2.00. The zero-order valence-corrected chi connectivity index (χ0v) is 8.77. The van der Waals surface area contributed by atoms with Crippen LogP contribution in [0.5, 0.6) is 0 Å². The number of nitrogens with two attached hydrogens (primary N) is 1. The van der Waals surface area contributed by atoms with Crippen molar-refractivity contribution in [3.8, 4) is 0 Å². The molecule has 0 saturated carbocycles. The van der Waals surface area contributed by atoms with Crippen LogP contribution in [0.25, 0.3) is 0 Å². The first-order valence-corrected chi connectivity index (χ1v) is 4.91. The summed E-state index contributed by atoms with van der Waals surface area (Å²) in [6.45, 7) is 0.999. The first kappa shape index (κ1) is 12.2. The van der Waals surface area contributed by atoms with Gasteiger partial charge in [0.25, 0.3) is 0 Å². The fourth-order valence-electron chi connectivity index (χ4n) is 1.21. The largest absolute Gasteiger partial charge is 0.481 e. The van der Waals surface area contributed by atoms with Gasteiger partial charge < -0.3 is 16.2 Å². The molecule has 0 aromatic heterocycles. The lowest BCUT2D eigenvalue weighted by atomic mass is 10.1. The quantitative estimate of drug-likeness (QED) is 0.605. The third-order valence-corrected chi connectivity index (χ3v) is 2.08. The molecule has 1 aromatic carbocycles.